The number of aliphatic hydroxyl groups excluding tert-OH is 1. The fourth-order valence-corrected chi connectivity index (χ4v) is 1.42. The number of rotatable bonds is 3. The summed E-state index contributed by atoms with van der Waals surface area (Å²) >= 11 is 0. The van der Waals surface area contributed by atoms with E-state index in [1.807, 2.05) is 6.92 Å². The van der Waals surface area contributed by atoms with Crippen molar-refractivity contribution >= 4 is 7.12 Å². The molecule has 1 aliphatic heterocycles. The van der Waals surface area contributed by atoms with Crippen LogP contribution in [-0.2, 0) is 4.65 Å². The maximum Gasteiger partial charge on any atom is 0.491 e. The third-order valence-corrected chi connectivity index (χ3v) is 2.53. The van der Waals surface area contributed by atoms with Crippen molar-refractivity contribution < 1.29 is 14.8 Å². The average Bonchev–Trinajstić information content (AvgIpc) is 2.45. The second kappa shape index (κ2) is 4.09. The zero-order valence-electron chi connectivity index (χ0n) is 8.03. The highest BCUT2D eigenvalue weighted by atomic mass is 16.5. The molecule has 2 N–H and O–H groups in total. The van der Waals surface area contributed by atoms with Crippen molar-refractivity contribution in [3.8, 4) is 0 Å². The standard InChI is InChI=1S/C9H15BO3/c1-4-9-8(5-13-10(9)12)6(2)7(3)11/h4,6-7,11-12H,1,5H2,2-3H3. The molecule has 0 saturated heterocycles. The van der Waals surface area contributed by atoms with Crippen molar-refractivity contribution in [2.24, 2.45) is 5.92 Å². The summed E-state index contributed by atoms with van der Waals surface area (Å²) in [5.74, 6) is 0.00477. The monoisotopic (exact) mass is 182 g/mol. The van der Waals surface area contributed by atoms with Crippen LogP contribution in [0.3, 0.4) is 0 Å². The minimum absolute atomic E-state index is 0.00477. The van der Waals surface area contributed by atoms with E-state index >= 15 is 0 Å². The molecule has 0 aromatic heterocycles. The van der Waals surface area contributed by atoms with E-state index in [1.54, 1.807) is 13.0 Å². The van der Waals surface area contributed by atoms with E-state index in [-0.39, 0.29) is 5.92 Å². The summed E-state index contributed by atoms with van der Waals surface area (Å²) in [6.07, 6.45) is 1.16. The van der Waals surface area contributed by atoms with Crippen molar-refractivity contribution in [1.29, 1.82) is 0 Å². The van der Waals surface area contributed by atoms with E-state index in [1.165, 1.54) is 0 Å². The van der Waals surface area contributed by atoms with E-state index in [2.05, 4.69) is 6.58 Å². The van der Waals surface area contributed by atoms with E-state index in [0.717, 1.165) is 5.57 Å². The Balaban J connectivity index is 2.88. The van der Waals surface area contributed by atoms with Gasteiger partial charge in [0.2, 0.25) is 0 Å². The van der Waals surface area contributed by atoms with Crippen LogP contribution in [0.2, 0.25) is 0 Å². The molecule has 0 aromatic rings. The van der Waals surface area contributed by atoms with Gasteiger partial charge in [-0.1, -0.05) is 19.6 Å². The first-order valence-corrected chi connectivity index (χ1v) is 4.41. The highest BCUT2D eigenvalue weighted by Gasteiger charge is 2.31. The molecule has 4 heteroatoms. The Morgan fingerprint density at radius 3 is 2.69 bits per heavy atom. The molecule has 0 aromatic carbocycles. The zero-order valence-corrected chi connectivity index (χ0v) is 8.03. The summed E-state index contributed by atoms with van der Waals surface area (Å²) in [6.45, 7) is 7.62. The minimum Gasteiger partial charge on any atom is -0.423 e. The number of allylic oxidation sites excluding steroid dienone is 2. The minimum atomic E-state index is -0.867. The van der Waals surface area contributed by atoms with Gasteiger partial charge in [0.05, 0.1) is 12.7 Å². The molecular weight excluding hydrogens is 167 g/mol. The molecule has 0 radical (unpaired) electrons. The number of hydrogen-bond acceptors (Lipinski definition) is 3. The molecular formula is C9H15BO3. The van der Waals surface area contributed by atoms with Gasteiger partial charge < -0.3 is 14.8 Å². The van der Waals surface area contributed by atoms with Crippen molar-refractivity contribution in [2.45, 2.75) is 20.0 Å². The highest BCUT2D eigenvalue weighted by Crippen LogP contribution is 2.26. The molecule has 0 fully saturated rings. The molecule has 1 heterocycles. The summed E-state index contributed by atoms with van der Waals surface area (Å²) in [7, 11) is -0.867. The Labute approximate surface area is 78.9 Å². The highest BCUT2D eigenvalue weighted by molar-refractivity contribution is 6.54. The average molecular weight is 182 g/mol. The van der Waals surface area contributed by atoms with Crippen molar-refractivity contribution in [3.63, 3.8) is 0 Å². The van der Waals surface area contributed by atoms with E-state index in [4.69, 9.17) is 4.65 Å². The van der Waals surface area contributed by atoms with Crippen LogP contribution in [0.15, 0.2) is 23.7 Å². The quantitative estimate of drug-likeness (QED) is 0.626. The van der Waals surface area contributed by atoms with Crippen molar-refractivity contribution in [2.75, 3.05) is 6.61 Å². The second-order valence-corrected chi connectivity index (χ2v) is 3.38. The van der Waals surface area contributed by atoms with Crippen molar-refractivity contribution in [3.05, 3.63) is 23.7 Å². The lowest BCUT2D eigenvalue weighted by atomic mass is 9.76. The maximum atomic E-state index is 9.38. The first-order chi connectivity index (χ1) is 6.07. The Hall–Kier alpha value is -0.575. The molecule has 2 atom stereocenters. The smallest absolute Gasteiger partial charge is 0.423 e. The Bertz CT molecular complexity index is 235. The molecule has 13 heavy (non-hydrogen) atoms. The van der Waals surface area contributed by atoms with Gasteiger partial charge in [-0.3, -0.25) is 0 Å². The molecule has 2 unspecified atom stereocenters. The first kappa shape index (κ1) is 10.5. The molecule has 72 valence electrons. The molecule has 0 saturated carbocycles. The lowest BCUT2D eigenvalue weighted by Crippen LogP contribution is -2.17. The van der Waals surface area contributed by atoms with Crippen LogP contribution in [-0.4, -0.2) is 30.0 Å². The predicted molar refractivity (Wildman–Crippen MR) is 52.0 cm³/mol. The van der Waals surface area contributed by atoms with Crippen LogP contribution in [0.4, 0.5) is 0 Å². The van der Waals surface area contributed by atoms with Gasteiger partial charge in [-0.05, 0) is 18.0 Å². The third kappa shape index (κ3) is 2.02. The Morgan fingerprint density at radius 1 is 1.62 bits per heavy atom. The van der Waals surface area contributed by atoms with Gasteiger partial charge in [-0.15, -0.1) is 0 Å². The summed E-state index contributed by atoms with van der Waals surface area (Å²) in [5, 5.41) is 18.7. The van der Waals surface area contributed by atoms with E-state index < -0.39 is 13.2 Å². The van der Waals surface area contributed by atoms with Gasteiger partial charge in [-0.25, -0.2) is 0 Å². The summed E-state index contributed by atoms with van der Waals surface area (Å²) < 4.78 is 5.04. The molecule has 1 rings (SSSR count). The molecule has 3 nitrogen and oxygen atoms in total. The van der Waals surface area contributed by atoms with Crippen LogP contribution in [0.5, 0.6) is 0 Å². The second-order valence-electron chi connectivity index (χ2n) is 3.38. The van der Waals surface area contributed by atoms with Crippen LogP contribution in [0.25, 0.3) is 0 Å². The van der Waals surface area contributed by atoms with Gasteiger partial charge >= 0.3 is 7.12 Å². The van der Waals surface area contributed by atoms with Crippen LogP contribution < -0.4 is 0 Å². The van der Waals surface area contributed by atoms with Gasteiger partial charge in [0.1, 0.15) is 0 Å². The predicted octanol–water partition coefficient (Wildman–Crippen LogP) is 0.536. The SMILES string of the molecule is C=CC1=C(C(C)C(C)O)COB1O. The van der Waals surface area contributed by atoms with Gasteiger partial charge in [0.25, 0.3) is 0 Å². The molecule has 1 aliphatic rings. The third-order valence-electron chi connectivity index (χ3n) is 2.53. The normalized spacial score (nSPS) is 22.0. The van der Waals surface area contributed by atoms with E-state index in [9.17, 15) is 10.1 Å². The topological polar surface area (TPSA) is 49.7 Å². The van der Waals surface area contributed by atoms with Crippen LogP contribution in [0.1, 0.15) is 13.8 Å². The largest absolute Gasteiger partial charge is 0.491 e. The van der Waals surface area contributed by atoms with Gasteiger partial charge in [0, 0.05) is 5.92 Å². The Morgan fingerprint density at radius 2 is 2.23 bits per heavy atom. The zero-order chi connectivity index (χ0) is 10.0. The van der Waals surface area contributed by atoms with E-state index in [0.29, 0.717) is 12.1 Å². The van der Waals surface area contributed by atoms with Crippen molar-refractivity contribution in [1.82, 2.24) is 0 Å². The fraction of sp³-hybridized carbons (Fsp3) is 0.556. The fourth-order valence-electron chi connectivity index (χ4n) is 1.42. The number of aliphatic hydroxyl groups is 1. The molecule has 0 spiro atoms. The summed E-state index contributed by atoms with van der Waals surface area (Å²) in [5.41, 5.74) is 1.64. The van der Waals surface area contributed by atoms with Gasteiger partial charge in [-0.2, -0.15) is 0 Å². The molecule has 0 aliphatic carbocycles. The lowest BCUT2D eigenvalue weighted by molar-refractivity contribution is 0.146. The Kier molecular flexibility index (Phi) is 3.30. The maximum absolute atomic E-state index is 9.38. The molecule has 0 amide bonds. The van der Waals surface area contributed by atoms with Gasteiger partial charge in [0.15, 0.2) is 0 Å². The lowest BCUT2D eigenvalue weighted by Gasteiger charge is -2.16. The van der Waals surface area contributed by atoms with Crippen LogP contribution in [0, 0.1) is 5.92 Å². The summed E-state index contributed by atoms with van der Waals surface area (Å²) in [4.78, 5) is 0. The molecule has 0 bridgehead atoms. The number of hydrogen-bond donors (Lipinski definition) is 2. The summed E-state index contributed by atoms with van der Waals surface area (Å²) in [6, 6.07) is 0. The van der Waals surface area contributed by atoms with Crippen LogP contribution >= 0.6 is 0 Å². The first-order valence-electron chi connectivity index (χ1n) is 4.41.